The van der Waals surface area contributed by atoms with E-state index in [1.54, 1.807) is 38.1 Å². The van der Waals surface area contributed by atoms with Crippen molar-refractivity contribution < 1.29 is 24.0 Å². The number of ether oxygens (including phenoxy) is 2. The fourth-order valence-electron chi connectivity index (χ4n) is 3.53. The summed E-state index contributed by atoms with van der Waals surface area (Å²) < 4.78 is 11.6. The molecule has 3 aromatic rings. The molecular formula is C26H20N2O6S2. The Morgan fingerprint density at radius 2 is 1.86 bits per heavy atom. The van der Waals surface area contributed by atoms with E-state index in [-0.39, 0.29) is 22.9 Å². The lowest BCUT2D eigenvalue weighted by Crippen LogP contribution is -2.27. The molecule has 0 aliphatic carbocycles. The number of amides is 1. The van der Waals surface area contributed by atoms with Gasteiger partial charge in [0.1, 0.15) is 0 Å². The second-order valence-electron chi connectivity index (χ2n) is 7.64. The van der Waals surface area contributed by atoms with Crippen LogP contribution in [0.15, 0.2) is 71.6 Å². The van der Waals surface area contributed by atoms with E-state index in [0.717, 1.165) is 0 Å². The lowest BCUT2D eigenvalue weighted by Gasteiger charge is -2.14. The van der Waals surface area contributed by atoms with Gasteiger partial charge in [-0.25, -0.2) is 4.79 Å². The molecule has 8 nitrogen and oxygen atoms in total. The van der Waals surface area contributed by atoms with Gasteiger partial charge in [-0.05, 0) is 61.9 Å². The smallest absolute Gasteiger partial charge is 0.343 e. The number of thioether (sulfide) groups is 1. The van der Waals surface area contributed by atoms with Crippen molar-refractivity contribution in [2.45, 2.75) is 13.8 Å². The second-order valence-corrected chi connectivity index (χ2v) is 9.32. The molecule has 1 aliphatic heterocycles. The fourth-order valence-corrected chi connectivity index (χ4v) is 4.83. The molecule has 36 heavy (non-hydrogen) atoms. The Morgan fingerprint density at radius 1 is 1.11 bits per heavy atom. The normalized spacial score (nSPS) is 14.3. The number of carbonyl (C=O) groups excluding carboxylic acids is 2. The van der Waals surface area contributed by atoms with E-state index in [4.69, 9.17) is 21.7 Å². The number of nitro benzene ring substituents is 1. The first-order valence-corrected chi connectivity index (χ1v) is 12.1. The largest absolute Gasteiger partial charge is 0.490 e. The van der Waals surface area contributed by atoms with Crippen LogP contribution in [0.1, 0.15) is 28.4 Å². The van der Waals surface area contributed by atoms with Crippen LogP contribution in [0.4, 0.5) is 11.4 Å². The summed E-state index contributed by atoms with van der Waals surface area (Å²) in [6.45, 7) is 3.67. The van der Waals surface area contributed by atoms with E-state index in [2.05, 4.69) is 0 Å². The number of thiocarbonyl (C=S) groups is 1. The molecule has 10 heteroatoms. The average molecular weight is 521 g/mol. The third-order valence-corrected chi connectivity index (χ3v) is 6.51. The maximum absolute atomic E-state index is 13.0. The van der Waals surface area contributed by atoms with Crippen LogP contribution < -0.4 is 14.4 Å². The summed E-state index contributed by atoms with van der Waals surface area (Å²) >= 11 is 6.62. The molecule has 3 aromatic carbocycles. The SMILES string of the molecule is CCOc1cc(C=C2SC(=S)N(c3ccccc3)C2=O)ccc1OC(=O)c1ccc([N+](=O)[O-])c(C)c1. The average Bonchev–Trinajstić information content (AvgIpc) is 3.13. The van der Waals surface area contributed by atoms with Crippen molar-refractivity contribution in [3.8, 4) is 11.5 Å². The summed E-state index contributed by atoms with van der Waals surface area (Å²) in [6, 6.07) is 18.1. The predicted molar refractivity (Wildman–Crippen MR) is 142 cm³/mol. The summed E-state index contributed by atoms with van der Waals surface area (Å²) in [4.78, 5) is 38.2. The number of aryl methyl sites for hydroxylation is 1. The molecule has 0 saturated carbocycles. The first-order chi connectivity index (χ1) is 17.3. The van der Waals surface area contributed by atoms with Crippen molar-refractivity contribution in [1.82, 2.24) is 0 Å². The standard InChI is InChI=1S/C26H20N2O6S2/c1-3-33-22-14-17(15-23-24(29)27(26(35)36-23)19-7-5-4-6-8-19)9-12-21(22)34-25(30)18-10-11-20(28(31)32)16(2)13-18/h4-15H,3H2,1-2H3. The van der Waals surface area contributed by atoms with Gasteiger partial charge in [0.2, 0.25) is 0 Å². The van der Waals surface area contributed by atoms with Crippen LogP contribution in [0.5, 0.6) is 11.5 Å². The quantitative estimate of drug-likeness (QED) is 0.0944. The van der Waals surface area contributed by atoms with Gasteiger partial charge in [0, 0.05) is 11.6 Å². The number of rotatable bonds is 7. The third kappa shape index (κ3) is 5.29. The predicted octanol–water partition coefficient (Wildman–Crippen LogP) is 5.93. The Hall–Kier alpha value is -4.02. The molecule has 4 rings (SSSR count). The van der Waals surface area contributed by atoms with Crippen molar-refractivity contribution in [2.24, 2.45) is 0 Å². The molecule has 1 fully saturated rings. The van der Waals surface area contributed by atoms with Crippen molar-refractivity contribution in [3.05, 3.63) is 98.4 Å². The lowest BCUT2D eigenvalue weighted by atomic mass is 10.1. The summed E-state index contributed by atoms with van der Waals surface area (Å²) in [6.07, 6.45) is 1.70. The van der Waals surface area contributed by atoms with Crippen LogP contribution in [0.3, 0.4) is 0 Å². The first-order valence-electron chi connectivity index (χ1n) is 10.9. The molecule has 0 atom stereocenters. The second kappa shape index (κ2) is 10.7. The minimum absolute atomic E-state index is 0.0800. The van der Waals surface area contributed by atoms with E-state index in [0.29, 0.717) is 38.4 Å². The molecular weight excluding hydrogens is 500 g/mol. The van der Waals surface area contributed by atoms with Gasteiger partial charge < -0.3 is 9.47 Å². The van der Waals surface area contributed by atoms with Crippen molar-refractivity contribution >= 4 is 57.6 Å². The number of para-hydroxylation sites is 1. The minimum atomic E-state index is -0.676. The van der Waals surface area contributed by atoms with E-state index in [1.807, 2.05) is 30.3 Å². The Kier molecular flexibility index (Phi) is 7.47. The zero-order chi connectivity index (χ0) is 25.8. The molecule has 1 heterocycles. The van der Waals surface area contributed by atoms with Gasteiger partial charge in [0.15, 0.2) is 15.8 Å². The number of esters is 1. The number of anilines is 1. The fraction of sp³-hybridized carbons (Fsp3) is 0.115. The van der Waals surface area contributed by atoms with Crippen LogP contribution in [0.2, 0.25) is 0 Å². The van der Waals surface area contributed by atoms with Gasteiger partial charge in [-0.2, -0.15) is 0 Å². The Labute approximate surface area is 216 Å². The molecule has 182 valence electrons. The Bertz CT molecular complexity index is 1400. The number of nitro groups is 1. The van der Waals surface area contributed by atoms with E-state index >= 15 is 0 Å². The van der Waals surface area contributed by atoms with Crippen LogP contribution in [-0.2, 0) is 4.79 Å². The topological polar surface area (TPSA) is 99.0 Å². The van der Waals surface area contributed by atoms with Gasteiger partial charge in [-0.3, -0.25) is 19.8 Å². The molecule has 0 spiro atoms. The molecule has 0 unspecified atom stereocenters. The maximum Gasteiger partial charge on any atom is 0.343 e. The summed E-state index contributed by atoms with van der Waals surface area (Å²) in [5, 5.41) is 11.0. The molecule has 0 bridgehead atoms. The van der Waals surface area contributed by atoms with Crippen LogP contribution in [0.25, 0.3) is 6.08 Å². The van der Waals surface area contributed by atoms with Gasteiger partial charge in [-0.1, -0.05) is 48.2 Å². The van der Waals surface area contributed by atoms with Crippen molar-refractivity contribution in [2.75, 3.05) is 11.5 Å². The molecule has 1 aliphatic rings. The highest BCUT2D eigenvalue weighted by atomic mass is 32.2. The van der Waals surface area contributed by atoms with E-state index < -0.39 is 10.9 Å². The third-order valence-electron chi connectivity index (χ3n) is 5.21. The van der Waals surface area contributed by atoms with E-state index in [1.165, 1.54) is 34.9 Å². The molecule has 1 saturated heterocycles. The summed E-state index contributed by atoms with van der Waals surface area (Å²) in [5.74, 6) is -0.396. The Balaban J connectivity index is 1.57. The van der Waals surface area contributed by atoms with E-state index in [9.17, 15) is 19.7 Å². The highest BCUT2D eigenvalue weighted by Crippen LogP contribution is 2.37. The van der Waals surface area contributed by atoms with Crippen LogP contribution >= 0.6 is 24.0 Å². The minimum Gasteiger partial charge on any atom is -0.490 e. The lowest BCUT2D eigenvalue weighted by molar-refractivity contribution is -0.385. The molecule has 0 aromatic heterocycles. The highest BCUT2D eigenvalue weighted by molar-refractivity contribution is 8.27. The van der Waals surface area contributed by atoms with Gasteiger partial charge >= 0.3 is 5.97 Å². The van der Waals surface area contributed by atoms with Crippen molar-refractivity contribution in [1.29, 1.82) is 0 Å². The highest BCUT2D eigenvalue weighted by Gasteiger charge is 2.33. The Morgan fingerprint density at radius 3 is 2.53 bits per heavy atom. The number of benzene rings is 3. The summed E-state index contributed by atoms with van der Waals surface area (Å²) in [5.41, 5.74) is 1.81. The first kappa shape index (κ1) is 25.1. The monoisotopic (exact) mass is 520 g/mol. The molecule has 0 N–H and O–H groups in total. The molecule has 1 amide bonds. The van der Waals surface area contributed by atoms with Gasteiger partial charge in [-0.15, -0.1) is 0 Å². The number of nitrogens with zero attached hydrogens (tertiary/aromatic N) is 2. The maximum atomic E-state index is 13.0. The zero-order valence-electron chi connectivity index (χ0n) is 19.3. The molecule has 0 radical (unpaired) electrons. The summed E-state index contributed by atoms with van der Waals surface area (Å²) in [7, 11) is 0. The van der Waals surface area contributed by atoms with Crippen molar-refractivity contribution in [3.63, 3.8) is 0 Å². The van der Waals surface area contributed by atoms with Crippen LogP contribution in [0, 0.1) is 17.0 Å². The number of hydrogen-bond acceptors (Lipinski definition) is 8. The zero-order valence-corrected chi connectivity index (χ0v) is 20.9. The number of hydrogen-bond donors (Lipinski definition) is 0. The van der Waals surface area contributed by atoms with Gasteiger partial charge in [0.05, 0.1) is 27.7 Å². The van der Waals surface area contributed by atoms with Gasteiger partial charge in [0.25, 0.3) is 11.6 Å². The van der Waals surface area contributed by atoms with Crippen LogP contribution in [-0.4, -0.2) is 27.7 Å². The number of carbonyl (C=O) groups is 2.